The van der Waals surface area contributed by atoms with Crippen LogP contribution < -0.4 is 10.6 Å². The summed E-state index contributed by atoms with van der Waals surface area (Å²) in [6, 6.07) is 1.16. The molecule has 0 radical (unpaired) electrons. The van der Waals surface area contributed by atoms with Crippen LogP contribution in [0.2, 0.25) is 0 Å². The fraction of sp³-hybridized carbons (Fsp3) is 0.938. The van der Waals surface area contributed by atoms with E-state index in [1.807, 2.05) is 0 Å². The van der Waals surface area contributed by atoms with Crippen LogP contribution in [-0.4, -0.2) is 49.1 Å². The van der Waals surface area contributed by atoms with E-state index in [0.29, 0.717) is 18.0 Å². The van der Waals surface area contributed by atoms with Crippen molar-refractivity contribution in [3.63, 3.8) is 0 Å². The number of hydrogen-bond acceptors (Lipinski definition) is 2. The van der Waals surface area contributed by atoms with E-state index in [1.165, 1.54) is 25.8 Å². The molecule has 1 aliphatic heterocycles. The number of hydrogen-bond donors (Lipinski definition) is 2. The highest BCUT2D eigenvalue weighted by Crippen LogP contribution is 2.32. The van der Waals surface area contributed by atoms with Crippen LogP contribution >= 0.6 is 24.0 Å². The van der Waals surface area contributed by atoms with Crippen LogP contribution in [0.25, 0.3) is 0 Å². The van der Waals surface area contributed by atoms with E-state index in [4.69, 9.17) is 4.99 Å². The molecule has 2 fully saturated rings. The van der Waals surface area contributed by atoms with Gasteiger partial charge in [0.15, 0.2) is 5.96 Å². The Balaban J connectivity index is 0.00000220. The molecule has 124 valence electrons. The second-order valence-electron chi connectivity index (χ2n) is 6.77. The third kappa shape index (κ3) is 6.30. The van der Waals surface area contributed by atoms with Crippen LogP contribution in [-0.2, 0) is 0 Å². The molecule has 21 heavy (non-hydrogen) atoms. The summed E-state index contributed by atoms with van der Waals surface area (Å²) in [6.45, 7) is 13.3. The lowest BCUT2D eigenvalue weighted by atomic mass is 10.1. The molecule has 0 spiro atoms. The minimum Gasteiger partial charge on any atom is -0.357 e. The molecule has 0 bridgehead atoms. The summed E-state index contributed by atoms with van der Waals surface area (Å²) in [7, 11) is 0. The second-order valence-corrected chi connectivity index (χ2v) is 6.77. The molecule has 4 nitrogen and oxygen atoms in total. The summed E-state index contributed by atoms with van der Waals surface area (Å²) in [6.07, 6.45) is 4.10. The van der Waals surface area contributed by atoms with Crippen molar-refractivity contribution >= 4 is 29.9 Å². The molecule has 2 unspecified atom stereocenters. The number of likely N-dealkylation sites (tertiary alicyclic amines) is 1. The zero-order valence-corrected chi connectivity index (χ0v) is 16.4. The molecular formula is C16H33IN4. The van der Waals surface area contributed by atoms with Crippen LogP contribution in [0.1, 0.15) is 47.0 Å². The van der Waals surface area contributed by atoms with Gasteiger partial charge < -0.3 is 10.6 Å². The quantitative estimate of drug-likeness (QED) is 0.403. The summed E-state index contributed by atoms with van der Waals surface area (Å²) < 4.78 is 0. The molecule has 5 heteroatoms. The first kappa shape index (κ1) is 19.0. The Morgan fingerprint density at radius 3 is 2.52 bits per heavy atom. The van der Waals surface area contributed by atoms with Gasteiger partial charge in [0.25, 0.3) is 0 Å². The Morgan fingerprint density at radius 1 is 1.29 bits per heavy atom. The van der Waals surface area contributed by atoms with Gasteiger partial charge in [-0.2, -0.15) is 0 Å². The van der Waals surface area contributed by atoms with Crippen molar-refractivity contribution in [1.82, 2.24) is 15.5 Å². The van der Waals surface area contributed by atoms with Crippen molar-refractivity contribution in [2.45, 2.75) is 59.0 Å². The minimum atomic E-state index is 0. The van der Waals surface area contributed by atoms with Crippen LogP contribution in [0.5, 0.6) is 0 Å². The Hall–Kier alpha value is -0.0400. The topological polar surface area (TPSA) is 39.7 Å². The molecule has 2 atom stereocenters. The molecule has 1 saturated carbocycles. The monoisotopic (exact) mass is 408 g/mol. The average Bonchev–Trinajstić information content (AvgIpc) is 3.14. The lowest BCUT2D eigenvalue weighted by Crippen LogP contribution is -2.46. The van der Waals surface area contributed by atoms with Gasteiger partial charge in [-0.25, -0.2) is 0 Å². The highest BCUT2D eigenvalue weighted by Gasteiger charge is 2.31. The standard InChI is InChI=1S/C16H32N4.HI/c1-5-17-16(18-9-8-14-6-7-14)19-15-11-20(12(2)3)10-13(15)4;/h12-15H,5-11H2,1-4H3,(H2,17,18,19);1H. The lowest BCUT2D eigenvalue weighted by Gasteiger charge is -2.21. The molecule has 2 N–H and O–H groups in total. The van der Waals surface area contributed by atoms with Gasteiger partial charge in [0, 0.05) is 38.3 Å². The predicted molar refractivity (Wildman–Crippen MR) is 102 cm³/mol. The van der Waals surface area contributed by atoms with E-state index in [0.717, 1.165) is 31.5 Å². The number of nitrogens with one attached hydrogen (secondary N) is 2. The maximum atomic E-state index is 4.74. The van der Waals surface area contributed by atoms with E-state index in [-0.39, 0.29) is 24.0 Å². The highest BCUT2D eigenvalue weighted by molar-refractivity contribution is 14.0. The van der Waals surface area contributed by atoms with Gasteiger partial charge in [0.2, 0.25) is 0 Å². The third-order valence-corrected chi connectivity index (χ3v) is 4.54. The summed E-state index contributed by atoms with van der Waals surface area (Å²) in [5.74, 6) is 2.66. The normalized spacial score (nSPS) is 26.8. The number of guanidine groups is 1. The van der Waals surface area contributed by atoms with Crippen molar-refractivity contribution in [3.8, 4) is 0 Å². The molecule has 1 saturated heterocycles. The smallest absolute Gasteiger partial charge is 0.191 e. The summed E-state index contributed by atoms with van der Waals surface area (Å²) in [5, 5.41) is 7.03. The molecule has 0 aromatic carbocycles. The second kappa shape index (κ2) is 9.18. The number of nitrogens with zero attached hydrogens (tertiary/aromatic N) is 2. The highest BCUT2D eigenvalue weighted by atomic mass is 127. The van der Waals surface area contributed by atoms with Crippen molar-refractivity contribution in [2.75, 3.05) is 26.2 Å². The van der Waals surface area contributed by atoms with Crippen LogP contribution in [0, 0.1) is 11.8 Å². The Bertz CT molecular complexity index is 328. The number of rotatable bonds is 6. The average molecular weight is 408 g/mol. The molecular weight excluding hydrogens is 375 g/mol. The van der Waals surface area contributed by atoms with Crippen molar-refractivity contribution in [3.05, 3.63) is 0 Å². The molecule has 0 amide bonds. The van der Waals surface area contributed by atoms with Crippen molar-refractivity contribution in [2.24, 2.45) is 16.8 Å². The Kier molecular flexibility index (Phi) is 8.31. The molecule has 1 heterocycles. The number of aliphatic imine (C=N–C) groups is 1. The van der Waals surface area contributed by atoms with E-state index in [9.17, 15) is 0 Å². The van der Waals surface area contributed by atoms with Crippen LogP contribution in [0.15, 0.2) is 4.99 Å². The fourth-order valence-corrected chi connectivity index (χ4v) is 2.87. The SMILES string of the molecule is CCNC(=NCCC1CC1)NC1CN(C(C)C)CC1C.I. The van der Waals surface area contributed by atoms with E-state index < -0.39 is 0 Å². The van der Waals surface area contributed by atoms with Crippen molar-refractivity contribution < 1.29 is 0 Å². The predicted octanol–water partition coefficient (Wildman–Crippen LogP) is 2.69. The van der Waals surface area contributed by atoms with Gasteiger partial charge >= 0.3 is 0 Å². The maximum absolute atomic E-state index is 4.74. The molecule has 0 aromatic heterocycles. The summed E-state index contributed by atoms with van der Waals surface area (Å²) in [4.78, 5) is 7.29. The van der Waals surface area contributed by atoms with E-state index in [2.05, 4.69) is 43.2 Å². The molecule has 0 aromatic rings. The zero-order valence-electron chi connectivity index (χ0n) is 14.1. The fourth-order valence-electron chi connectivity index (χ4n) is 2.87. The molecule has 2 rings (SSSR count). The van der Waals surface area contributed by atoms with Crippen LogP contribution in [0.4, 0.5) is 0 Å². The van der Waals surface area contributed by atoms with Gasteiger partial charge in [-0.15, -0.1) is 24.0 Å². The largest absolute Gasteiger partial charge is 0.357 e. The summed E-state index contributed by atoms with van der Waals surface area (Å²) in [5.41, 5.74) is 0. The zero-order chi connectivity index (χ0) is 14.5. The van der Waals surface area contributed by atoms with Gasteiger partial charge in [-0.1, -0.05) is 19.8 Å². The molecule has 2 aliphatic rings. The minimum absolute atomic E-state index is 0. The van der Waals surface area contributed by atoms with E-state index >= 15 is 0 Å². The van der Waals surface area contributed by atoms with Gasteiger partial charge in [0.1, 0.15) is 0 Å². The van der Waals surface area contributed by atoms with Crippen LogP contribution in [0.3, 0.4) is 0 Å². The maximum Gasteiger partial charge on any atom is 0.191 e. The first-order chi connectivity index (χ1) is 9.60. The van der Waals surface area contributed by atoms with Gasteiger partial charge in [-0.3, -0.25) is 9.89 Å². The first-order valence-corrected chi connectivity index (χ1v) is 8.39. The Labute approximate surface area is 147 Å². The summed E-state index contributed by atoms with van der Waals surface area (Å²) >= 11 is 0. The van der Waals surface area contributed by atoms with E-state index in [1.54, 1.807) is 0 Å². The van der Waals surface area contributed by atoms with Gasteiger partial charge in [0.05, 0.1) is 0 Å². The Morgan fingerprint density at radius 2 is 2.00 bits per heavy atom. The third-order valence-electron chi connectivity index (χ3n) is 4.54. The first-order valence-electron chi connectivity index (χ1n) is 8.39. The molecule has 1 aliphatic carbocycles. The van der Waals surface area contributed by atoms with Gasteiger partial charge in [-0.05, 0) is 39.0 Å². The number of halogens is 1. The van der Waals surface area contributed by atoms with Crippen molar-refractivity contribution in [1.29, 1.82) is 0 Å². The lowest BCUT2D eigenvalue weighted by molar-refractivity contribution is 0.265.